The Morgan fingerprint density at radius 1 is 0.722 bits per heavy atom. The van der Waals surface area contributed by atoms with Crippen molar-refractivity contribution < 1.29 is 9.47 Å². The summed E-state index contributed by atoms with van der Waals surface area (Å²) in [6.45, 7) is 26.3. The lowest BCUT2D eigenvalue weighted by Gasteiger charge is -2.41. The molecule has 2 heteroatoms. The lowest BCUT2D eigenvalue weighted by atomic mass is 9.68. The van der Waals surface area contributed by atoms with Gasteiger partial charge in [-0.05, 0) is 66.2 Å². The van der Waals surface area contributed by atoms with E-state index in [1.54, 1.807) is 0 Å². The van der Waals surface area contributed by atoms with E-state index in [2.05, 4.69) is 104 Å². The molecule has 0 radical (unpaired) electrons. The molecule has 0 saturated heterocycles. The predicted molar refractivity (Wildman–Crippen MR) is 160 cm³/mol. The van der Waals surface area contributed by atoms with Crippen molar-refractivity contribution in [3.8, 4) is 5.75 Å². The van der Waals surface area contributed by atoms with Crippen molar-refractivity contribution in [3.63, 3.8) is 0 Å². The van der Waals surface area contributed by atoms with Crippen LogP contribution in [-0.2, 0) is 4.74 Å². The van der Waals surface area contributed by atoms with Crippen molar-refractivity contribution in [2.45, 2.75) is 127 Å². The van der Waals surface area contributed by atoms with Gasteiger partial charge in [-0.1, -0.05) is 125 Å². The lowest BCUT2D eigenvalue weighted by molar-refractivity contribution is -0.144. The molecule has 0 N–H and O–H groups in total. The number of hydrogen-bond acceptors (Lipinski definition) is 2. The van der Waals surface area contributed by atoms with Gasteiger partial charge >= 0.3 is 0 Å². The molecular weight excluding hydrogens is 440 g/mol. The highest BCUT2D eigenvalue weighted by Gasteiger charge is 2.36. The zero-order valence-electron chi connectivity index (χ0n) is 25.7. The third kappa shape index (κ3) is 10.7. The van der Waals surface area contributed by atoms with Crippen LogP contribution in [0.25, 0.3) is 0 Å². The summed E-state index contributed by atoms with van der Waals surface area (Å²) in [7, 11) is 0. The summed E-state index contributed by atoms with van der Waals surface area (Å²) < 4.78 is 13.1. The predicted octanol–water partition coefficient (Wildman–Crippen LogP) is 11.2. The van der Waals surface area contributed by atoms with E-state index >= 15 is 0 Å². The fourth-order valence-corrected chi connectivity index (χ4v) is 4.57. The molecule has 0 aromatic heterocycles. The van der Waals surface area contributed by atoms with Crippen LogP contribution >= 0.6 is 0 Å². The summed E-state index contributed by atoms with van der Waals surface area (Å²) in [6.07, 6.45) is 4.15. The molecule has 0 aliphatic heterocycles. The molecule has 0 bridgehead atoms. The lowest BCUT2D eigenvalue weighted by Crippen LogP contribution is -2.37. The topological polar surface area (TPSA) is 18.5 Å². The van der Waals surface area contributed by atoms with Gasteiger partial charge in [0.2, 0.25) is 6.29 Å². The van der Waals surface area contributed by atoms with Gasteiger partial charge in [0, 0.05) is 6.42 Å². The average Bonchev–Trinajstić information content (AvgIpc) is 2.90. The maximum absolute atomic E-state index is 6.55. The highest BCUT2D eigenvalue weighted by Crippen LogP contribution is 2.41. The minimum absolute atomic E-state index is 0.0296. The van der Waals surface area contributed by atoms with Crippen molar-refractivity contribution >= 4 is 0 Å². The number of ether oxygens (including phenoxy) is 2. The summed E-state index contributed by atoms with van der Waals surface area (Å²) >= 11 is 0. The summed E-state index contributed by atoms with van der Waals surface area (Å²) in [5.41, 5.74) is 2.71. The Kier molecular flexibility index (Phi) is 17.5. The Bertz CT molecular complexity index is 756. The molecule has 206 valence electrons. The zero-order chi connectivity index (χ0) is 27.7. The Labute approximate surface area is 225 Å². The first-order chi connectivity index (χ1) is 17.2. The molecule has 36 heavy (non-hydrogen) atoms. The molecule has 0 amide bonds. The third-order valence-corrected chi connectivity index (χ3v) is 7.62. The molecule has 2 rings (SSSR count). The molecule has 0 spiro atoms. The number of hydrogen-bond donors (Lipinski definition) is 0. The molecule has 0 aliphatic carbocycles. The monoisotopic (exact) mass is 498 g/mol. The SMILES string of the molecule is CC.CC.CCCC(CC)c1ccc(OC(CC(C)(C(C)C)C(C)C)OC(C)c2ccccc2)cc1. The minimum Gasteiger partial charge on any atom is -0.465 e. The van der Waals surface area contributed by atoms with E-state index in [0.717, 1.165) is 12.2 Å². The van der Waals surface area contributed by atoms with Crippen molar-refractivity contribution in [2.75, 3.05) is 0 Å². The Morgan fingerprint density at radius 3 is 1.69 bits per heavy atom. The molecule has 3 atom stereocenters. The van der Waals surface area contributed by atoms with E-state index in [0.29, 0.717) is 17.8 Å². The Morgan fingerprint density at radius 2 is 1.25 bits per heavy atom. The number of benzene rings is 2. The summed E-state index contributed by atoms with van der Waals surface area (Å²) in [5.74, 6) is 2.58. The zero-order valence-corrected chi connectivity index (χ0v) is 25.7. The van der Waals surface area contributed by atoms with Crippen LogP contribution in [0.5, 0.6) is 5.75 Å². The van der Waals surface area contributed by atoms with Crippen LogP contribution in [-0.4, -0.2) is 6.29 Å². The second-order valence-electron chi connectivity index (χ2n) is 10.2. The number of rotatable bonds is 13. The van der Waals surface area contributed by atoms with Crippen molar-refractivity contribution in [1.82, 2.24) is 0 Å². The highest BCUT2D eigenvalue weighted by molar-refractivity contribution is 5.29. The Balaban J connectivity index is 0.00000291. The molecule has 2 aromatic rings. The molecule has 0 fully saturated rings. The molecule has 3 unspecified atom stereocenters. The van der Waals surface area contributed by atoms with Crippen LogP contribution < -0.4 is 4.74 Å². The normalized spacial score (nSPS) is 13.7. The quantitative estimate of drug-likeness (QED) is 0.256. The fraction of sp³-hybridized carbons (Fsp3) is 0.647. The van der Waals surface area contributed by atoms with Crippen LogP contribution in [0.1, 0.15) is 132 Å². The van der Waals surface area contributed by atoms with E-state index < -0.39 is 0 Å². The van der Waals surface area contributed by atoms with Crippen LogP contribution in [0.4, 0.5) is 0 Å². The van der Waals surface area contributed by atoms with Gasteiger partial charge in [-0.15, -0.1) is 0 Å². The smallest absolute Gasteiger partial charge is 0.201 e. The van der Waals surface area contributed by atoms with Crippen LogP contribution in [0.15, 0.2) is 54.6 Å². The van der Waals surface area contributed by atoms with Gasteiger partial charge < -0.3 is 9.47 Å². The van der Waals surface area contributed by atoms with E-state index in [-0.39, 0.29) is 17.8 Å². The van der Waals surface area contributed by atoms with Gasteiger partial charge in [0.15, 0.2) is 0 Å². The van der Waals surface area contributed by atoms with Gasteiger partial charge in [0.05, 0.1) is 6.10 Å². The van der Waals surface area contributed by atoms with Crippen LogP contribution in [0.3, 0.4) is 0 Å². The first-order valence-corrected chi connectivity index (χ1v) is 14.7. The van der Waals surface area contributed by atoms with Crippen LogP contribution in [0, 0.1) is 17.3 Å². The maximum atomic E-state index is 6.55. The standard InChI is InChI=1S/C30H46O2.2C2H6/c1-9-14-25(10-2)27-17-19-28(20-18-27)32-29(21-30(8,22(3)4)23(5)6)31-24(7)26-15-12-11-13-16-26;2*1-2/h11-13,15-20,22-25,29H,9-10,14,21H2,1-8H3;2*1-2H3. The molecule has 2 nitrogen and oxygen atoms in total. The molecule has 0 saturated carbocycles. The summed E-state index contributed by atoms with van der Waals surface area (Å²) in [5, 5.41) is 0. The second kappa shape index (κ2) is 18.4. The average molecular weight is 499 g/mol. The van der Waals surface area contributed by atoms with E-state index in [9.17, 15) is 0 Å². The highest BCUT2D eigenvalue weighted by atomic mass is 16.7. The van der Waals surface area contributed by atoms with Gasteiger partial charge in [-0.25, -0.2) is 0 Å². The van der Waals surface area contributed by atoms with Gasteiger partial charge in [-0.2, -0.15) is 0 Å². The minimum atomic E-state index is -0.302. The van der Waals surface area contributed by atoms with Crippen molar-refractivity contribution in [3.05, 3.63) is 65.7 Å². The Hall–Kier alpha value is -1.80. The first kappa shape index (κ1) is 34.2. The summed E-state index contributed by atoms with van der Waals surface area (Å²) in [4.78, 5) is 0. The van der Waals surface area contributed by atoms with Gasteiger partial charge in [-0.3, -0.25) is 0 Å². The van der Waals surface area contributed by atoms with Gasteiger partial charge in [0.1, 0.15) is 5.75 Å². The summed E-state index contributed by atoms with van der Waals surface area (Å²) in [6, 6.07) is 19.1. The van der Waals surface area contributed by atoms with Crippen molar-refractivity contribution in [1.29, 1.82) is 0 Å². The fourth-order valence-electron chi connectivity index (χ4n) is 4.57. The largest absolute Gasteiger partial charge is 0.465 e. The van der Waals surface area contributed by atoms with E-state index in [4.69, 9.17) is 9.47 Å². The second-order valence-corrected chi connectivity index (χ2v) is 10.2. The molecule has 0 heterocycles. The van der Waals surface area contributed by atoms with E-state index in [1.807, 2.05) is 33.8 Å². The molecule has 2 aromatic carbocycles. The van der Waals surface area contributed by atoms with Crippen LogP contribution in [0.2, 0.25) is 0 Å². The molecular formula is C34H58O2. The maximum Gasteiger partial charge on any atom is 0.201 e. The first-order valence-electron chi connectivity index (χ1n) is 14.7. The molecule has 0 aliphatic rings. The van der Waals surface area contributed by atoms with Gasteiger partial charge in [0.25, 0.3) is 0 Å². The van der Waals surface area contributed by atoms with E-state index in [1.165, 1.54) is 30.4 Å². The third-order valence-electron chi connectivity index (χ3n) is 7.62. The van der Waals surface area contributed by atoms with Crippen molar-refractivity contribution in [2.24, 2.45) is 17.3 Å².